The smallest absolute Gasteiger partial charge is 0.481 e. The van der Waals surface area contributed by atoms with Crippen LogP contribution in [0.15, 0.2) is 30.9 Å². The highest BCUT2D eigenvalue weighted by Gasteiger charge is 2.38. The lowest BCUT2D eigenvalue weighted by Gasteiger charge is -2.17. The number of hydrogen-bond donors (Lipinski definition) is 3. The van der Waals surface area contributed by atoms with E-state index in [1.54, 1.807) is 12.4 Å². The summed E-state index contributed by atoms with van der Waals surface area (Å²) in [6.45, 7) is 1.02. The molecule has 8 nitrogen and oxygen atoms in total. The number of halogens is 3. The van der Waals surface area contributed by atoms with Crippen LogP contribution in [0.1, 0.15) is 67.7 Å². The molecule has 0 unspecified atom stereocenters. The van der Waals surface area contributed by atoms with Crippen LogP contribution in [0.5, 0.6) is 0 Å². The first kappa shape index (κ1) is 27.0. The highest BCUT2D eigenvalue weighted by Crippen LogP contribution is 2.25. The molecule has 1 aliphatic heterocycles. The largest absolute Gasteiger partial charge is 0.490 e. The number of unbranched alkanes of at least 4 members (excludes halogenated alkanes) is 3. The van der Waals surface area contributed by atoms with Crippen molar-refractivity contribution in [3.8, 4) is 0 Å². The molecule has 34 heavy (non-hydrogen) atoms. The third-order valence-electron chi connectivity index (χ3n) is 5.40. The Kier molecular flexibility index (Phi) is 10.7. The van der Waals surface area contributed by atoms with Crippen LogP contribution in [-0.2, 0) is 22.4 Å². The minimum absolute atomic E-state index is 0.00270. The second-order valence-electron chi connectivity index (χ2n) is 8.06. The molecular formula is C23H29F3N4O4. The molecule has 0 spiro atoms. The fourth-order valence-electron chi connectivity index (χ4n) is 3.68. The van der Waals surface area contributed by atoms with Crippen molar-refractivity contribution in [1.82, 2.24) is 15.0 Å². The van der Waals surface area contributed by atoms with Gasteiger partial charge in [-0.25, -0.2) is 19.7 Å². The number of carbonyl (C=O) groups is 2. The maximum absolute atomic E-state index is 11.1. The van der Waals surface area contributed by atoms with Crippen LogP contribution in [0.3, 0.4) is 0 Å². The summed E-state index contributed by atoms with van der Waals surface area (Å²) < 4.78 is 31.7. The van der Waals surface area contributed by atoms with Crippen molar-refractivity contribution in [3.63, 3.8) is 0 Å². The molecule has 11 heteroatoms. The van der Waals surface area contributed by atoms with Crippen LogP contribution in [0, 0.1) is 0 Å². The Morgan fingerprint density at radius 1 is 1.06 bits per heavy atom. The summed E-state index contributed by atoms with van der Waals surface area (Å²) >= 11 is 0. The molecule has 3 heterocycles. The van der Waals surface area contributed by atoms with E-state index in [0.29, 0.717) is 0 Å². The Morgan fingerprint density at radius 2 is 1.74 bits per heavy atom. The number of aliphatic carboxylic acids is 2. The Labute approximate surface area is 195 Å². The Hall–Kier alpha value is -3.24. The van der Waals surface area contributed by atoms with Gasteiger partial charge in [-0.15, -0.1) is 0 Å². The van der Waals surface area contributed by atoms with Crippen molar-refractivity contribution in [3.05, 3.63) is 47.7 Å². The molecule has 0 fully saturated rings. The van der Waals surface area contributed by atoms with E-state index in [4.69, 9.17) is 20.0 Å². The first-order valence-corrected chi connectivity index (χ1v) is 11.2. The average molecular weight is 483 g/mol. The van der Waals surface area contributed by atoms with Gasteiger partial charge in [0.05, 0.1) is 6.42 Å². The predicted molar refractivity (Wildman–Crippen MR) is 119 cm³/mol. The van der Waals surface area contributed by atoms with Crippen LogP contribution in [-0.4, -0.2) is 49.8 Å². The Bertz CT molecular complexity index is 926. The number of rotatable bonds is 10. The Balaban J connectivity index is 0.000000509. The summed E-state index contributed by atoms with van der Waals surface area (Å²) in [6, 6.07) is 4.37. The molecule has 2 aromatic rings. The summed E-state index contributed by atoms with van der Waals surface area (Å²) in [5, 5.41) is 19.7. The average Bonchev–Trinajstić information content (AvgIpc) is 2.80. The van der Waals surface area contributed by atoms with Gasteiger partial charge in [-0.3, -0.25) is 4.79 Å². The maximum Gasteiger partial charge on any atom is 0.490 e. The van der Waals surface area contributed by atoms with Gasteiger partial charge in [0.15, 0.2) is 0 Å². The van der Waals surface area contributed by atoms with Crippen LogP contribution in [0.2, 0.25) is 0 Å². The van der Waals surface area contributed by atoms with Gasteiger partial charge in [0.1, 0.15) is 12.1 Å². The number of anilines is 1. The highest BCUT2D eigenvalue weighted by molar-refractivity contribution is 5.73. The van der Waals surface area contributed by atoms with E-state index in [9.17, 15) is 18.0 Å². The number of carboxylic acid groups (broad SMARTS) is 2. The van der Waals surface area contributed by atoms with Gasteiger partial charge in [-0.1, -0.05) is 25.3 Å². The summed E-state index contributed by atoms with van der Waals surface area (Å²) in [4.78, 5) is 32.8. The molecule has 0 aromatic carbocycles. The number of fused-ring (bicyclic) bond motifs is 1. The third-order valence-corrected chi connectivity index (χ3v) is 5.40. The van der Waals surface area contributed by atoms with Crippen LogP contribution in [0.4, 0.5) is 19.0 Å². The zero-order chi connectivity index (χ0) is 25.0. The molecule has 3 rings (SSSR count). The second-order valence-corrected chi connectivity index (χ2v) is 8.06. The van der Waals surface area contributed by atoms with Gasteiger partial charge in [-0.2, -0.15) is 13.2 Å². The van der Waals surface area contributed by atoms with Crippen molar-refractivity contribution >= 4 is 17.8 Å². The standard InChI is InChI=1S/C21H28N4O2.C2HF3O2/c26-20(27)12-17(18-13-22-15-23-14-18)6-3-1-2-4-8-19-10-9-16-7-5-11-24-21(16)25-19;3-2(4,5)1(6)7/h9-10,13-15,17H,1-8,11-12H2,(H,24,25)(H,26,27);(H,6,7)/t17-;/m0./s1. The lowest BCUT2D eigenvalue weighted by molar-refractivity contribution is -0.192. The van der Waals surface area contributed by atoms with Gasteiger partial charge in [-0.05, 0) is 55.2 Å². The molecule has 0 bridgehead atoms. The molecular weight excluding hydrogens is 453 g/mol. The zero-order valence-electron chi connectivity index (χ0n) is 18.7. The van der Waals surface area contributed by atoms with Crippen molar-refractivity contribution in [1.29, 1.82) is 0 Å². The molecule has 0 aliphatic carbocycles. The number of aromatic nitrogens is 3. The van der Waals surface area contributed by atoms with E-state index in [1.807, 2.05) is 0 Å². The number of nitrogens with zero attached hydrogens (tertiary/aromatic N) is 3. The molecule has 0 radical (unpaired) electrons. The van der Waals surface area contributed by atoms with Crippen LogP contribution < -0.4 is 5.32 Å². The van der Waals surface area contributed by atoms with Gasteiger partial charge in [0, 0.05) is 24.6 Å². The van der Waals surface area contributed by atoms with Crippen LogP contribution in [0.25, 0.3) is 0 Å². The molecule has 0 amide bonds. The Morgan fingerprint density at radius 3 is 2.38 bits per heavy atom. The van der Waals surface area contributed by atoms with Gasteiger partial charge in [0.2, 0.25) is 0 Å². The number of aryl methyl sites for hydroxylation is 2. The van der Waals surface area contributed by atoms with Crippen molar-refractivity contribution in [2.45, 2.75) is 69.9 Å². The second kappa shape index (κ2) is 13.5. The molecule has 1 atom stereocenters. The van der Waals surface area contributed by atoms with E-state index < -0.39 is 18.1 Å². The predicted octanol–water partition coefficient (Wildman–Crippen LogP) is 4.61. The molecule has 186 valence electrons. The summed E-state index contributed by atoms with van der Waals surface area (Å²) in [6.07, 6.45) is 8.55. The fourth-order valence-corrected chi connectivity index (χ4v) is 3.68. The molecule has 0 saturated heterocycles. The SMILES string of the molecule is O=C(O)C(F)(F)F.O=C(O)C[C@H](CCCCCCc1ccc2c(n1)NCCC2)c1cncnc1. The number of hydrogen-bond acceptors (Lipinski definition) is 6. The summed E-state index contributed by atoms with van der Waals surface area (Å²) in [5.74, 6) is -2.46. The van der Waals surface area contributed by atoms with Crippen molar-refractivity contribution < 1.29 is 33.0 Å². The zero-order valence-corrected chi connectivity index (χ0v) is 18.7. The van der Waals surface area contributed by atoms with Crippen molar-refractivity contribution in [2.75, 3.05) is 11.9 Å². The van der Waals surface area contributed by atoms with Gasteiger partial charge >= 0.3 is 18.1 Å². The minimum Gasteiger partial charge on any atom is -0.481 e. The first-order chi connectivity index (χ1) is 16.2. The van der Waals surface area contributed by atoms with Gasteiger partial charge in [0.25, 0.3) is 0 Å². The summed E-state index contributed by atoms with van der Waals surface area (Å²) in [7, 11) is 0. The molecule has 2 aromatic heterocycles. The topological polar surface area (TPSA) is 125 Å². The number of pyridine rings is 1. The van der Waals surface area contributed by atoms with Gasteiger partial charge < -0.3 is 15.5 Å². The lowest BCUT2D eigenvalue weighted by Crippen LogP contribution is -2.21. The summed E-state index contributed by atoms with van der Waals surface area (Å²) in [5.41, 5.74) is 3.42. The maximum atomic E-state index is 11.1. The first-order valence-electron chi connectivity index (χ1n) is 11.2. The number of carboxylic acids is 2. The lowest BCUT2D eigenvalue weighted by atomic mass is 9.92. The van der Waals surface area contributed by atoms with Crippen molar-refractivity contribution in [2.24, 2.45) is 0 Å². The monoisotopic (exact) mass is 482 g/mol. The van der Waals surface area contributed by atoms with Crippen LogP contribution >= 0.6 is 0 Å². The normalized spacial score (nSPS) is 13.6. The molecule has 1 aliphatic rings. The quantitative estimate of drug-likeness (QED) is 0.419. The minimum atomic E-state index is -5.08. The molecule has 3 N–H and O–H groups in total. The van der Waals surface area contributed by atoms with E-state index in [2.05, 4.69) is 27.4 Å². The van der Waals surface area contributed by atoms with E-state index in [-0.39, 0.29) is 12.3 Å². The number of nitrogens with one attached hydrogen (secondary N) is 1. The van der Waals surface area contributed by atoms with E-state index >= 15 is 0 Å². The number of alkyl halides is 3. The van der Waals surface area contributed by atoms with E-state index in [0.717, 1.165) is 68.6 Å². The van der Waals surface area contributed by atoms with E-state index in [1.165, 1.54) is 18.3 Å². The fraction of sp³-hybridized carbons (Fsp3) is 0.522. The third kappa shape index (κ3) is 9.72. The molecule has 0 saturated carbocycles. The highest BCUT2D eigenvalue weighted by atomic mass is 19.4.